The number of benzene rings is 2. The fraction of sp³-hybridized carbons (Fsp3) is 0.440. The van der Waals surface area contributed by atoms with Gasteiger partial charge in [-0.05, 0) is 57.0 Å². The highest BCUT2D eigenvalue weighted by atomic mass is 32.2. The van der Waals surface area contributed by atoms with Crippen molar-refractivity contribution in [3.05, 3.63) is 59.7 Å². The topological polar surface area (TPSA) is 96.0 Å². The number of ether oxygens (including phenoxy) is 1. The zero-order chi connectivity index (χ0) is 25.3. The molecule has 0 radical (unpaired) electrons. The van der Waals surface area contributed by atoms with Crippen LogP contribution in [0, 0.1) is 6.92 Å². The summed E-state index contributed by atoms with van der Waals surface area (Å²) in [4.78, 5) is 27.6. The van der Waals surface area contributed by atoms with Gasteiger partial charge in [-0.2, -0.15) is 0 Å². The van der Waals surface area contributed by atoms with Crippen molar-refractivity contribution in [1.29, 1.82) is 0 Å². The number of nitrogens with one attached hydrogen (secondary N) is 1. The average molecular weight is 490 g/mol. The molecule has 2 rings (SSSR count). The first kappa shape index (κ1) is 27.2. The van der Waals surface area contributed by atoms with Crippen molar-refractivity contribution in [2.24, 2.45) is 0 Å². The molecule has 0 spiro atoms. The highest BCUT2D eigenvalue weighted by molar-refractivity contribution is 7.92. The van der Waals surface area contributed by atoms with Gasteiger partial charge in [-0.15, -0.1) is 0 Å². The molecule has 0 aliphatic rings. The number of hydrogen-bond acceptors (Lipinski definition) is 5. The number of hydrogen-bond donors (Lipinski definition) is 1. The largest absolute Gasteiger partial charge is 0.494 e. The van der Waals surface area contributed by atoms with Crippen LogP contribution in [0.25, 0.3) is 0 Å². The Hall–Kier alpha value is -3.07. The summed E-state index contributed by atoms with van der Waals surface area (Å²) in [5.74, 6) is -0.151. The fourth-order valence-electron chi connectivity index (χ4n) is 3.36. The number of anilines is 1. The van der Waals surface area contributed by atoms with Gasteiger partial charge in [0.2, 0.25) is 21.8 Å². The quantitative estimate of drug-likeness (QED) is 0.494. The number of aryl methyl sites for hydroxylation is 1. The Labute approximate surface area is 202 Å². The Morgan fingerprint density at radius 3 is 2.18 bits per heavy atom. The molecule has 8 nitrogen and oxygen atoms in total. The Bertz CT molecular complexity index is 1050. The summed E-state index contributed by atoms with van der Waals surface area (Å²) in [7, 11) is -3.77. The Morgan fingerprint density at radius 2 is 1.65 bits per heavy atom. The highest BCUT2D eigenvalue weighted by Gasteiger charge is 2.30. The third kappa shape index (κ3) is 7.76. The van der Waals surface area contributed by atoms with Crippen molar-refractivity contribution in [2.45, 2.75) is 46.7 Å². The molecule has 186 valence electrons. The van der Waals surface area contributed by atoms with E-state index in [4.69, 9.17) is 4.74 Å². The maximum absolute atomic E-state index is 13.4. The Kier molecular flexibility index (Phi) is 9.92. The smallest absolute Gasteiger partial charge is 0.244 e. The van der Waals surface area contributed by atoms with Gasteiger partial charge in [-0.1, -0.05) is 36.8 Å². The van der Waals surface area contributed by atoms with E-state index in [0.29, 0.717) is 24.6 Å². The van der Waals surface area contributed by atoms with E-state index in [-0.39, 0.29) is 12.5 Å². The summed E-state index contributed by atoms with van der Waals surface area (Å²) in [6.07, 6.45) is 1.82. The minimum Gasteiger partial charge on any atom is -0.494 e. The molecule has 1 atom stereocenters. The molecule has 1 N–H and O–H groups in total. The van der Waals surface area contributed by atoms with Crippen LogP contribution < -0.4 is 14.4 Å². The lowest BCUT2D eigenvalue weighted by Gasteiger charge is -2.31. The predicted octanol–water partition coefficient (Wildman–Crippen LogP) is 3.10. The lowest BCUT2D eigenvalue weighted by atomic mass is 10.1. The zero-order valence-electron chi connectivity index (χ0n) is 20.6. The second-order valence-corrected chi connectivity index (χ2v) is 10.1. The first-order valence-corrected chi connectivity index (χ1v) is 13.2. The molecule has 0 saturated carbocycles. The summed E-state index contributed by atoms with van der Waals surface area (Å²) in [6, 6.07) is 13.4. The van der Waals surface area contributed by atoms with E-state index in [1.54, 1.807) is 31.2 Å². The monoisotopic (exact) mass is 489 g/mol. The summed E-state index contributed by atoms with van der Waals surface area (Å²) in [5.41, 5.74) is 2.27. The number of amides is 2. The van der Waals surface area contributed by atoms with Crippen molar-refractivity contribution < 1.29 is 22.7 Å². The molecule has 34 heavy (non-hydrogen) atoms. The molecule has 2 amide bonds. The van der Waals surface area contributed by atoms with Gasteiger partial charge < -0.3 is 15.0 Å². The van der Waals surface area contributed by atoms with Crippen LogP contribution in [0.4, 0.5) is 5.69 Å². The molecule has 2 aromatic rings. The molecule has 0 bridgehead atoms. The van der Waals surface area contributed by atoms with E-state index < -0.39 is 28.5 Å². The normalized spacial score (nSPS) is 12.0. The molecule has 0 fully saturated rings. The van der Waals surface area contributed by atoms with Crippen molar-refractivity contribution in [3.8, 4) is 5.75 Å². The second-order valence-electron chi connectivity index (χ2n) is 8.17. The number of nitrogens with zero attached hydrogens (tertiary/aromatic N) is 2. The van der Waals surface area contributed by atoms with Crippen LogP contribution in [-0.2, 0) is 26.2 Å². The van der Waals surface area contributed by atoms with Crippen LogP contribution >= 0.6 is 0 Å². The lowest BCUT2D eigenvalue weighted by molar-refractivity contribution is -0.139. The van der Waals surface area contributed by atoms with Crippen molar-refractivity contribution in [2.75, 3.05) is 30.3 Å². The van der Waals surface area contributed by atoms with Crippen LogP contribution in [-0.4, -0.2) is 57.1 Å². The minimum absolute atomic E-state index is 0.181. The Morgan fingerprint density at radius 1 is 1.03 bits per heavy atom. The van der Waals surface area contributed by atoms with E-state index in [9.17, 15) is 18.0 Å². The number of carbonyl (C=O) groups excluding carboxylic acids is 2. The summed E-state index contributed by atoms with van der Waals surface area (Å²) >= 11 is 0. The molecule has 0 aromatic heterocycles. The lowest BCUT2D eigenvalue weighted by Crippen LogP contribution is -2.51. The molecule has 2 aromatic carbocycles. The standard InChI is InChI=1S/C25H35N3O5S/c1-6-16-26-25(30)20(4)27(17-21-10-8-19(3)9-11-21)24(29)18-28(34(5,31)32)22-12-14-23(15-13-22)33-7-2/h8-15,20H,6-7,16-18H2,1-5H3,(H,26,30)/t20-/m1/s1. The van der Waals surface area contributed by atoms with E-state index in [1.165, 1.54) is 4.90 Å². The molecule has 0 aliphatic heterocycles. The van der Waals surface area contributed by atoms with Crippen LogP contribution in [0.15, 0.2) is 48.5 Å². The Balaban J connectivity index is 2.33. The van der Waals surface area contributed by atoms with Gasteiger partial charge in [0.15, 0.2) is 0 Å². The van der Waals surface area contributed by atoms with Crippen molar-refractivity contribution >= 4 is 27.5 Å². The molecule has 0 unspecified atom stereocenters. The van der Waals surface area contributed by atoms with Gasteiger partial charge in [0.25, 0.3) is 0 Å². The molecular formula is C25H35N3O5S. The van der Waals surface area contributed by atoms with Crippen LogP contribution in [0.2, 0.25) is 0 Å². The maximum atomic E-state index is 13.4. The van der Waals surface area contributed by atoms with E-state index in [0.717, 1.165) is 28.1 Å². The number of rotatable bonds is 12. The molecular weight excluding hydrogens is 454 g/mol. The van der Waals surface area contributed by atoms with E-state index in [2.05, 4.69) is 5.32 Å². The summed E-state index contributed by atoms with van der Waals surface area (Å²) in [6.45, 7) is 8.16. The van der Waals surface area contributed by atoms with Gasteiger partial charge in [0.1, 0.15) is 18.3 Å². The third-order valence-corrected chi connectivity index (χ3v) is 6.45. The van der Waals surface area contributed by atoms with Crippen LogP contribution in [0.3, 0.4) is 0 Å². The van der Waals surface area contributed by atoms with Crippen molar-refractivity contribution in [1.82, 2.24) is 10.2 Å². The number of sulfonamides is 1. The number of carbonyl (C=O) groups is 2. The van der Waals surface area contributed by atoms with Gasteiger partial charge >= 0.3 is 0 Å². The van der Waals surface area contributed by atoms with Crippen LogP contribution in [0.1, 0.15) is 38.3 Å². The molecule has 0 saturated heterocycles. The highest BCUT2D eigenvalue weighted by Crippen LogP contribution is 2.22. The maximum Gasteiger partial charge on any atom is 0.244 e. The van der Waals surface area contributed by atoms with E-state index in [1.807, 2.05) is 45.0 Å². The molecule has 0 heterocycles. The second kappa shape index (κ2) is 12.4. The van der Waals surface area contributed by atoms with E-state index >= 15 is 0 Å². The predicted molar refractivity (Wildman–Crippen MR) is 134 cm³/mol. The molecule has 9 heteroatoms. The zero-order valence-corrected chi connectivity index (χ0v) is 21.4. The van der Waals surface area contributed by atoms with Crippen molar-refractivity contribution in [3.63, 3.8) is 0 Å². The molecule has 0 aliphatic carbocycles. The SMILES string of the molecule is CCCNC(=O)[C@@H](C)N(Cc1ccc(C)cc1)C(=O)CN(c1ccc(OCC)cc1)S(C)(=O)=O. The average Bonchev–Trinajstić information content (AvgIpc) is 2.80. The third-order valence-electron chi connectivity index (χ3n) is 5.30. The first-order valence-electron chi connectivity index (χ1n) is 11.4. The van der Waals surface area contributed by atoms with Gasteiger partial charge in [0, 0.05) is 13.1 Å². The van der Waals surface area contributed by atoms with Gasteiger partial charge in [-0.3, -0.25) is 13.9 Å². The summed E-state index contributed by atoms with van der Waals surface area (Å²) < 4.78 is 31.6. The van der Waals surface area contributed by atoms with Crippen LogP contribution in [0.5, 0.6) is 5.75 Å². The van der Waals surface area contributed by atoms with Gasteiger partial charge in [0.05, 0.1) is 18.6 Å². The first-order chi connectivity index (χ1) is 16.1. The minimum atomic E-state index is -3.77. The summed E-state index contributed by atoms with van der Waals surface area (Å²) in [5, 5.41) is 2.82. The van der Waals surface area contributed by atoms with Gasteiger partial charge in [-0.25, -0.2) is 8.42 Å². The fourth-order valence-corrected chi connectivity index (χ4v) is 4.21.